The maximum atomic E-state index is 14.0. The number of rotatable bonds is 14. The van der Waals surface area contributed by atoms with Crippen molar-refractivity contribution in [2.75, 3.05) is 6.54 Å². The molecule has 3 aromatic carbocycles. The molecule has 272 valence electrons. The van der Waals surface area contributed by atoms with Gasteiger partial charge in [-0.2, -0.15) is 0 Å². The second kappa shape index (κ2) is 16.3. The fraction of sp³-hybridized carbons (Fsp3) is 0.371. The van der Waals surface area contributed by atoms with E-state index in [9.17, 15) is 48.2 Å². The van der Waals surface area contributed by atoms with Gasteiger partial charge in [-0.3, -0.25) is 28.5 Å². The van der Waals surface area contributed by atoms with E-state index in [0.29, 0.717) is 31.2 Å². The molecule has 0 heterocycles. The summed E-state index contributed by atoms with van der Waals surface area (Å²) in [6.07, 6.45) is 2.72. The number of nitrogens with one attached hydrogen (secondary N) is 4. The normalized spacial score (nSPS) is 15.8. The van der Waals surface area contributed by atoms with E-state index < -0.39 is 60.2 Å². The largest absolute Gasteiger partial charge is 0.474 e. The number of carboxylic acid groups (broad SMARTS) is 1. The highest BCUT2D eigenvalue weighted by atomic mass is 31.2. The highest BCUT2D eigenvalue weighted by Crippen LogP contribution is 2.33. The maximum Gasteiger partial charge on any atom is 0.394 e. The van der Waals surface area contributed by atoms with E-state index in [1.807, 2.05) is 42.5 Å². The zero-order valence-corrected chi connectivity index (χ0v) is 28.9. The van der Waals surface area contributed by atoms with Crippen molar-refractivity contribution in [1.82, 2.24) is 21.3 Å². The third kappa shape index (κ3) is 9.78. The molecule has 0 aliphatic heterocycles. The predicted molar refractivity (Wildman–Crippen MR) is 186 cm³/mol. The fourth-order valence-corrected chi connectivity index (χ4v) is 6.80. The molecule has 5 amide bonds. The number of aliphatic carboxylic acids is 1. The maximum absolute atomic E-state index is 14.0. The molecule has 0 radical (unpaired) electrons. The van der Waals surface area contributed by atoms with Gasteiger partial charge in [0.05, 0.1) is 5.30 Å². The van der Waals surface area contributed by atoms with Crippen LogP contribution in [0.25, 0.3) is 10.8 Å². The zero-order chi connectivity index (χ0) is 37.4. The van der Waals surface area contributed by atoms with Crippen LogP contribution in [0.5, 0.6) is 0 Å². The molecular formula is C35H42N5O10P. The fourth-order valence-electron chi connectivity index (χ4n) is 6.26. The Balaban J connectivity index is 1.48. The molecule has 0 saturated heterocycles. The number of aryl methyl sites for hydroxylation is 1. The van der Waals surface area contributed by atoms with Gasteiger partial charge in [0, 0.05) is 13.0 Å². The summed E-state index contributed by atoms with van der Waals surface area (Å²) in [6.45, 7) is 1.42. The number of hydrogen-bond acceptors (Lipinski definition) is 7. The van der Waals surface area contributed by atoms with E-state index >= 15 is 0 Å². The van der Waals surface area contributed by atoms with Crippen LogP contribution in [-0.2, 0) is 46.2 Å². The van der Waals surface area contributed by atoms with Gasteiger partial charge in [-0.05, 0) is 66.6 Å². The molecule has 15 nitrogen and oxygen atoms in total. The standard InChI is InChI=1S/C35H42N5O10P/c1-34(39-30(43)31(44)45,21-22-14-16-25(17-15-22)51(48,49)50)32(46)40-35(18-5-2-6-19-35)33(47)38-27(28(36)41)29(42)37-20-8-12-24-11-7-10-23-9-3-4-13-26(23)24/h3-4,7,9-11,13-17,27H,2,5-6,8,12,18-21H2,1H3,(H2,36,41)(H,37,42)(H,38,47)(H,39,43)(H,40,46)(H,44,45)(H2,48,49,50)/t27-,34-/m0/s1. The summed E-state index contributed by atoms with van der Waals surface area (Å²) in [4.78, 5) is 96.1. The number of amides is 5. The van der Waals surface area contributed by atoms with Crippen LogP contribution in [0, 0.1) is 0 Å². The molecule has 1 fully saturated rings. The van der Waals surface area contributed by atoms with E-state index in [2.05, 4.69) is 21.3 Å². The Morgan fingerprint density at radius 3 is 2.20 bits per heavy atom. The average molecular weight is 724 g/mol. The summed E-state index contributed by atoms with van der Waals surface area (Å²) in [7, 11) is -4.58. The Labute approximate surface area is 293 Å². The lowest BCUT2D eigenvalue weighted by Crippen LogP contribution is -2.69. The SMILES string of the molecule is C[C@@](Cc1ccc(P(=O)(O)O)cc1)(NC(=O)C(=O)O)C(=O)NC1(C(=O)N[C@@H](C(N)=O)C(=O)NCCCc2cccc3ccccc23)CCCCC1. The number of nitrogens with two attached hydrogens (primary N) is 1. The van der Waals surface area contributed by atoms with Crippen LogP contribution < -0.4 is 32.3 Å². The molecule has 16 heteroatoms. The van der Waals surface area contributed by atoms with Gasteiger partial charge >= 0.3 is 19.5 Å². The van der Waals surface area contributed by atoms with Gasteiger partial charge in [0.25, 0.3) is 5.91 Å². The van der Waals surface area contributed by atoms with Crippen LogP contribution in [-0.4, -0.2) is 74.1 Å². The highest BCUT2D eigenvalue weighted by Gasteiger charge is 2.47. The number of carbonyl (C=O) groups excluding carboxylic acids is 5. The third-order valence-corrected chi connectivity index (χ3v) is 10.0. The van der Waals surface area contributed by atoms with Crippen LogP contribution in [0.4, 0.5) is 0 Å². The van der Waals surface area contributed by atoms with Crippen LogP contribution in [0.3, 0.4) is 0 Å². The lowest BCUT2D eigenvalue weighted by Gasteiger charge is -2.40. The predicted octanol–water partition coefficient (Wildman–Crippen LogP) is 0.683. The molecule has 2 atom stereocenters. The smallest absolute Gasteiger partial charge is 0.394 e. The molecule has 51 heavy (non-hydrogen) atoms. The van der Waals surface area contributed by atoms with Gasteiger partial charge < -0.3 is 41.9 Å². The third-order valence-electron chi connectivity index (χ3n) is 9.03. The molecule has 9 N–H and O–H groups in total. The Morgan fingerprint density at radius 1 is 0.922 bits per heavy atom. The van der Waals surface area contributed by atoms with Crippen molar-refractivity contribution in [1.29, 1.82) is 0 Å². The molecular weight excluding hydrogens is 681 g/mol. The highest BCUT2D eigenvalue weighted by molar-refractivity contribution is 7.60. The molecule has 1 saturated carbocycles. The molecule has 4 rings (SSSR count). The number of primary amides is 1. The number of carboxylic acids is 1. The van der Waals surface area contributed by atoms with Crippen LogP contribution in [0.1, 0.15) is 56.6 Å². The Kier molecular flexibility index (Phi) is 12.3. The van der Waals surface area contributed by atoms with Crippen molar-refractivity contribution in [2.45, 2.75) is 75.4 Å². The quantitative estimate of drug-likeness (QED) is 0.0500. The topological polar surface area (TPSA) is 254 Å². The molecule has 0 spiro atoms. The van der Waals surface area contributed by atoms with Crippen LogP contribution in [0.15, 0.2) is 66.7 Å². The van der Waals surface area contributed by atoms with Crippen molar-refractivity contribution in [3.05, 3.63) is 77.9 Å². The van der Waals surface area contributed by atoms with Crippen molar-refractivity contribution in [2.24, 2.45) is 5.73 Å². The van der Waals surface area contributed by atoms with Gasteiger partial charge in [-0.1, -0.05) is 73.9 Å². The first-order chi connectivity index (χ1) is 24.0. The minimum atomic E-state index is -4.58. The molecule has 0 aromatic heterocycles. The minimum absolute atomic E-state index is 0.0998. The zero-order valence-electron chi connectivity index (χ0n) is 28.0. The summed E-state index contributed by atoms with van der Waals surface area (Å²) in [5, 5.41) is 21.1. The average Bonchev–Trinajstić information content (AvgIpc) is 3.08. The lowest BCUT2D eigenvalue weighted by atomic mass is 9.79. The number of fused-ring (bicyclic) bond motifs is 1. The molecule has 3 aromatic rings. The van der Waals surface area contributed by atoms with Gasteiger partial charge in [0.15, 0.2) is 6.04 Å². The van der Waals surface area contributed by atoms with Gasteiger partial charge in [-0.15, -0.1) is 0 Å². The van der Waals surface area contributed by atoms with E-state index in [0.717, 1.165) is 34.9 Å². The summed E-state index contributed by atoms with van der Waals surface area (Å²) in [5.74, 6) is -7.13. The second-order valence-electron chi connectivity index (χ2n) is 12.9. The van der Waals surface area contributed by atoms with Crippen LogP contribution in [0.2, 0.25) is 0 Å². The van der Waals surface area contributed by atoms with E-state index in [1.165, 1.54) is 19.1 Å². The number of carbonyl (C=O) groups is 6. The van der Waals surface area contributed by atoms with Crippen molar-refractivity contribution in [3.63, 3.8) is 0 Å². The first-order valence-electron chi connectivity index (χ1n) is 16.4. The Hall–Kier alpha value is -5.11. The summed E-state index contributed by atoms with van der Waals surface area (Å²) in [5.41, 5.74) is 3.30. The van der Waals surface area contributed by atoms with E-state index in [-0.39, 0.29) is 31.1 Å². The Morgan fingerprint density at radius 2 is 1.57 bits per heavy atom. The minimum Gasteiger partial charge on any atom is -0.474 e. The van der Waals surface area contributed by atoms with Gasteiger partial charge in [-0.25, -0.2) is 4.79 Å². The van der Waals surface area contributed by atoms with E-state index in [4.69, 9.17) is 5.73 Å². The molecule has 1 aliphatic rings. The Bertz CT molecular complexity index is 1850. The first kappa shape index (κ1) is 38.7. The monoisotopic (exact) mass is 723 g/mol. The molecule has 0 unspecified atom stereocenters. The second-order valence-corrected chi connectivity index (χ2v) is 14.5. The van der Waals surface area contributed by atoms with Crippen molar-refractivity contribution >= 4 is 59.2 Å². The summed E-state index contributed by atoms with van der Waals surface area (Å²) in [6, 6.07) is 17.0. The van der Waals surface area contributed by atoms with Crippen molar-refractivity contribution in [3.8, 4) is 0 Å². The first-order valence-corrected chi connectivity index (χ1v) is 18.0. The number of benzene rings is 3. The van der Waals surface area contributed by atoms with Crippen molar-refractivity contribution < 1.29 is 48.2 Å². The van der Waals surface area contributed by atoms with Gasteiger partial charge in [0.2, 0.25) is 17.7 Å². The van der Waals surface area contributed by atoms with Crippen LogP contribution >= 0.6 is 7.60 Å². The molecule has 1 aliphatic carbocycles. The number of hydrogen-bond donors (Lipinski definition) is 8. The lowest BCUT2D eigenvalue weighted by molar-refractivity contribution is -0.152. The van der Waals surface area contributed by atoms with Gasteiger partial charge in [0.1, 0.15) is 11.1 Å². The van der Waals surface area contributed by atoms with E-state index in [1.54, 1.807) is 0 Å². The summed E-state index contributed by atoms with van der Waals surface area (Å²) < 4.78 is 11.6. The summed E-state index contributed by atoms with van der Waals surface area (Å²) >= 11 is 0. The molecule has 0 bridgehead atoms.